The lowest BCUT2D eigenvalue weighted by molar-refractivity contribution is 0.669. The van der Waals surface area contributed by atoms with E-state index in [0.717, 1.165) is 55.3 Å². The molecule has 9 rings (SSSR count). The molecule has 0 fully saturated rings. The van der Waals surface area contributed by atoms with Crippen molar-refractivity contribution in [1.29, 1.82) is 0 Å². The van der Waals surface area contributed by atoms with Gasteiger partial charge in [0.2, 0.25) is 0 Å². The molecule has 209 valence electrons. The summed E-state index contributed by atoms with van der Waals surface area (Å²) in [5.41, 5.74) is 7.93. The lowest BCUT2D eigenvalue weighted by atomic mass is 10.1. The standard InChI is InChI=1S/C39H24N4O.B/c1-3-11-25(12-4-1)37-40-38(26-13-5-2-6-14-26)42-39(41-37)27-19-21-28(22-20-27)43-32-17-9-7-15-29(32)30-23-24-34-35(36(30)43)31-16-8-10-18-33(31)44-34;/h1-24H;. The summed E-state index contributed by atoms with van der Waals surface area (Å²) in [5, 5.41) is 4.63. The Morgan fingerprint density at radius 1 is 0.422 bits per heavy atom. The Kier molecular flexibility index (Phi) is 6.28. The van der Waals surface area contributed by atoms with Gasteiger partial charge in [-0.25, -0.2) is 15.0 Å². The second kappa shape index (κ2) is 10.6. The van der Waals surface area contributed by atoms with Crippen LogP contribution >= 0.6 is 0 Å². The van der Waals surface area contributed by atoms with Gasteiger partial charge in [0, 0.05) is 46.9 Å². The van der Waals surface area contributed by atoms with E-state index >= 15 is 0 Å². The molecule has 0 spiro atoms. The number of para-hydroxylation sites is 2. The monoisotopic (exact) mass is 575 g/mol. The Labute approximate surface area is 261 Å². The van der Waals surface area contributed by atoms with Crippen LogP contribution in [-0.2, 0) is 0 Å². The Hall–Kier alpha value is -6.01. The minimum Gasteiger partial charge on any atom is -0.456 e. The van der Waals surface area contributed by atoms with Crippen LogP contribution in [0.2, 0.25) is 0 Å². The molecule has 5 nitrogen and oxygen atoms in total. The van der Waals surface area contributed by atoms with Gasteiger partial charge >= 0.3 is 0 Å². The maximum Gasteiger partial charge on any atom is 0.164 e. The Balaban J connectivity index is 0.00000300. The van der Waals surface area contributed by atoms with Crippen molar-refractivity contribution in [1.82, 2.24) is 19.5 Å². The van der Waals surface area contributed by atoms with E-state index in [1.807, 2.05) is 72.8 Å². The van der Waals surface area contributed by atoms with E-state index in [1.165, 1.54) is 10.8 Å². The number of benzene rings is 6. The number of fused-ring (bicyclic) bond motifs is 7. The summed E-state index contributed by atoms with van der Waals surface area (Å²) in [4.78, 5) is 14.7. The molecule has 0 saturated heterocycles. The lowest BCUT2D eigenvalue weighted by Crippen LogP contribution is -2.00. The summed E-state index contributed by atoms with van der Waals surface area (Å²) in [6.07, 6.45) is 0. The van der Waals surface area contributed by atoms with Gasteiger partial charge in [0.05, 0.1) is 16.4 Å². The topological polar surface area (TPSA) is 56.7 Å². The molecule has 0 aliphatic carbocycles. The number of furan rings is 1. The Bertz CT molecular complexity index is 2430. The molecule has 3 radical (unpaired) electrons. The maximum absolute atomic E-state index is 6.28. The molecule has 0 bridgehead atoms. The summed E-state index contributed by atoms with van der Waals surface area (Å²) < 4.78 is 8.63. The van der Waals surface area contributed by atoms with E-state index < -0.39 is 0 Å². The predicted molar refractivity (Wildman–Crippen MR) is 184 cm³/mol. The van der Waals surface area contributed by atoms with Crippen LogP contribution in [0.1, 0.15) is 0 Å². The minimum atomic E-state index is 0. The molecule has 0 unspecified atom stereocenters. The smallest absolute Gasteiger partial charge is 0.164 e. The average Bonchev–Trinajstić information content (AvgIpc) is 3.65. The third-order valence-corrected chi connectivity index (χ3v) is 8.26. The molecule has 0 aliphatic rings. The molecule has 0 N–H and O–H groups in total. The zero-order valence-electron chi connectivity index (χ0n) is 24.1. The molecule has 0 atom stereocenters. The normalized spacial score (nSPS) is 11.4. The van der Waals surface area contributed by atoms with Crippen molar-refractivity contribution in [2.24, 2.45) is 0 Å². The highest BCUT2D eigenvalue weighted by molar-refractivity contribution is 6.24. The molecule has 3 aromatic heterocycles. The van der Waals surface area contributed by atoms with Crippen LogP contribution in [0.25, 0.3) is 83.6 Å². The zero-order chi connectivity index (χ0) is 29.0. The van der Waals surface area contributed by atoms with Gasteiger partial charge in [-0.2, -0.15) is 0 Å². The van der Waals surface area contributed by atoms with Crippen molar-refractivity contribution in [2.45, 2.75) is 0 Å². The predicted octanol–water partition coefficient (Wildman–Crippen LogP) is 9.49. The van der Waals surface area contributed by atoms with Crippen LogP contribution in [-0.4, -0.2) is 27.9 Å². The fourth-order valence-electron chi connectivity index (χ4n) is 6.23. The average molecular weight is 575 g/mol. The van der Waals surface area contributed by atoms with E-state index in [4.69, 9.17) is 19.4 Å². The number of hydrogen-bond donors (Lipinski definition) is 0. The van der Waals surface area contributed by atoms with Crippen molar-refractivity contribution in [3.63, 3.8) is 0 Å². The highest BCUT2D eigenvalue weighted by atomic mass is 16.3. The second-order valence-corrected chi connectivity index (χ2v) is 10.9. The van der Waals surface area contributed by atoms with Crippen LogP contribution in [0.15, 0.2) is 150 Å². The van der Waals surface area contributed by atoms with Gasteiger partial charge in [-0.15, -0.1) is 0 Å². The van der Waals surface area contributed by atoms with Crippen LogP contribution in [0.4, 0.5) is 0 Å². The van der Waals surface area contributed by atoms with Crippen molar-refractivity contribution < 1.29 is 4.42 Å². The molecular weight excluding hydrogens is 551 g/mol. The first-order valence-electron chi connectivity index (χ1n) is 14.6. The van der Waals surface area contributed by atoms with Gasteiger partial charge < -0.3 is 8.98 Å². The van der Waals surface area contributed by atoms with E-state index in [-0.39, 0.29) is 8.41 Å². The number of nitrogens with zero attached hydrogens (tertiary/aromatic N) is 4. The van der Waals surface area contributed by atoms with E-state index in [1.54, 1.807) is 0 Å². The Morgan fingerprint density at radius 2 is 0.956 bits per heavy atom. The first-order valence-corrected chi connectivity index (χ1v) is 14.6. The van der Waals surface area contributed by atoms with Crippen molar-refractivity contribution in [3.05, 3.63) is 146 Å². The van der Waals surface area contributed by atoms with Gasteiger partial charge in [0.1, 0.15) is 11.2 Å². The summed E-state index contributed by atoms with van der Waals surface area (Å²) in [7, 11) is 0. The van der Waals surface area contributed by atoms with E-state index in [0.29, 0.717) is 17.5 Å². The summed E-state index contributed by atoms with van der Waals surface area (Å²) in [5.74, 6) is 1.93. The van der Waals surface area contributed by atoms with Gasteiger partial charge in [-0.05, 0) is 48.5 Å². The number of aromatic nitrogens is 4. The lowest BCUT2D eigenvalue weighted by Gasteiger charge is -2.11. The summed E-state index contributed by atoms with van der Waals surface area (Å²) >= 11 is 0. The van der Waals surface area contributed by atoms with Crippen LogP contribution < -0.4 is 0 Å². The summed E-state index contributed by atoms with van der Waals surface area (Å²) in [6.45, 7) is 0. The molecule has 3 heterocycles. The molecule has 6 aromatic carbocycles. The molecule has 0 saturated carbocycles. The van der Waals surface area contributed by atoms with Crippen LogP contribution in [0, 0.1) is 0 Å². The molecule has 0 aliphatic heterocycles. The third kappa shape index (κ3) is 4.30. The quantitative estimate of drug-likeness (QED) is 0.196. The molecule has 9 aromatic rings. The van der Waals surface area contributed by atoms with Crippen molar-refractivity contribution in [3.8, 4) is 39.9 Å². The molecular formula is C39H24BN4O. The first kappa shape index (κ1) is 26.6. The first-order chi connectivity index (χ1) is 21.8. The van der Waals surface area contributed by atoms with Gasteiger partial charge in [-0.3, -0.25) is 0 Å². The van der Waals surface area contributed by atoms with Crippen molar-refractivity contribution >= 4 is 52.2 Å². The zero-order valence-corrected chi connectivity index (χ0v) is 24.1. The minimum absolute atomic E-state index is 0. The van der Waals surface area contributed by atoms with E-state index in [9.17, 15) is 0 Å². The molecule has 6 heteroatoms. The van der Waals surface area contributed by atoms with Crippen LogP contribution in [0.3, 0.4) is 0 Å². The maximum atomic E-state index is 6.28. The summed E-state index contributed by atoms with van der Waals surface area (Å²) in [6, 6.07) is 49.7. The van der Waals surface area contributed by atoms with E-state index in [2.05, 4.69) is 77.4 Å². The molecule has 45 heavy (non-hydrogen) atoms. The molecule has 0 amide bonds. The highest BCUT2D eigenvalue weighted by Crippen LogP contribution is 2.40. The SMILES string of the molecule is [B].c1ccc(-c2nc(-c3ccccc3)nc(-c3ccc(-n4c5ccccc5c5ccc6oc7ccccc7c6c54)cc3)n2)cc1. The van der Waals surface area contributed by atoms with Crippen molar-refractivity contribution in [2.75, 3.05) is 0 Å². The fraction of sp³-hybridized carbons (Fsp3) is 0. The van der Waals surface area contributed by atoms with Gasteiger partial charge in [0.25, 0.3) is 0 Å². The second-order valence-electron chi connectivity index (χ2n) is 10.9. The van der Waals surface area contributed by atoms with Gasteiger partial charge in [0.15, 0.2) is 17.5 Å². The number of hydrogen-bond acceptors (Lipinski definition) is 4. The fourth-order valence-corrected chi connectivity index (χ4v) is 6.23. The highest BCUT2D eigenvalue weighted by Gasteiger charge is 2.19. The Morgan fingerprint density at radius 3 is 1.60 bits per heavy atom. The number of rotatable bonds is 4. The third-order valence-electron chi connectivity index (χ3n) is 8.26. The van der Waals surface area contributed by atoms with Gasteiger partial charge in [-0.1, -0.05) is 97.1 Å². The largest absolute Gasteiger partial charge is 0.456 e. The van der Waals surface area contributed by atoms with Crippen LogP contribution in [0.5, 0.6) is 0 Å².